The molecule has 0 aliphatic carbocycles. The SMILES string of the molecule is Cc1nc(-c2cnccn2)sc1-c1csc(N(CCCN2CCOCC2)C(=O)c2cccs2)n1. The third-order valence-corrected chi connectivity index (χ3v) is 8.40. The number of thiazole rings is 2. The van der Waals surface area contributed by atoms with Gasteiger partial charge in [-0.1, -0.05) is 6.07 Å². The van der Waals surface area contributed by atoms with Gasteiger partial charge in [0.25, 0.3) is 5.91 Å². The minimum atomic E-state index is -0.000784. The molecule has 0 aromatic carbocycles. The van der Waals surface area contributed by atoms with Crippen LogP contribution in [0.3, 0.4) is 0 Å². The van der Waals surface area contributed by atoms with Crippen molar-refractivity contribution in [3.8, 4) is 21.3 Å². The molecule has 0 unspecified atom stereocenters. The molecule has 0 N–H and O–H groups in total. The lowest BCUT2D eigenvalue weighted by atomic mass is 10.3. The first-order valence-electron chi connectivity index (χ1n) is 11.0. The van der Waals surface area contributed by atoms with Gasteiger partial charge in [-0.15, -0.1) is 34.0 Å². The molecule has 5 heterocycles. The van der Waals surface area contributed by atoms with Gasteiger partial charge >= 0.3 is 0 Å². The van der Waals surface area contributed by atoms with E-state index in [4.69, 9.17) is 9.72 Å². The van der Waals surface area contributed by atoms with E-state index in [-0.39, 0.29) is 5.91 Å². The van der Waals surface area contributed by atoms with Crippen LogP contribution in [-0.4, -0.2) is 70.1 Å². The van der Waals surface area contributed by atoms with E-state index in [0.29, 0.717) is 11.7 Å². The lowest BCUT2D eigenvalue weighted by Crippen LogP contribution is -2.39. The zero-order valence-corrected chi connectivity index (χ0v) is 21.2. The maximum absolute atomic E-state index is 13.3. The van der Waals surface area contributed by atoms with Crippen molar-refractivity contribution >= 4 is 45.0 Å². The lowest BCUT2D eigenvalue weighted by Gasteiger charge is -2.27. The highest BCUT2D eigenvalue weighted by Crippen LogP contribution is 2.37. The monoisotopic (exact) mass is 512 g/mol. The number of carbonyl (C=O) groups is 1. The Morgan fingerprint density at radius 1 is 1.18 bits per heavy atom. The quantitative estimate of drug-likeness (QED) is 0.345. The standard InChI is InChI=1S/C23H24N6O2S3/c1-16-20(34-21(26-16)17-14-24-5-6-25-17)18-15-33-23(27-18)29(22(30)19-4-2-13-32-19)8-3-7-28-9-11-31-12-10-28/h2,4-6,13-15H,3,7-12H2,1H3. The molecule has 1 saturated heterocycles. The highest BCUT2D eigenvalue weighted by Gasteiger charge is 2.23. The molecule has 11 heteroatoms. The minimum absolute atomic E-state index is 0.000784. The number of morpholine rings is 1. The summed E-state index contributed by atoms with van der Waals surface area (Å²) in [7, 11) is 0. The zero-order valence-electron chi connectivity index (χ0n) is 18.7. The van der Waals surface area contributed by atoms with E-state index >= 15 is 0 Å². The number of carbonyl (C=O) groups excluding carboxylic acids is 1. The van der Waals surface area contributed by atoms with E-state index in [2.05, 4.69) is 19.9 Å². The summed E-state index contributed by atoms with van der Waals surface area (Å²) in [6.45, 7) is 6.97. The van der Waals surface area contributed by atoms with E-state index in [0.717, 1.165) is 71.1 Å². The van der Waals surface area contributed by atoms with Crippen molar-refractivity contribution in [2.45, 2.75) is 13.3 Å². The van der Waals surface area contributed by atoms with Crippen molar-refractivity contribution in [1.82, 2.24) is 24.8 Å². The second-order valence-electron chi connectivity index (χ2n) is 7.78. The number of hydrogen-bond acceptors (Lipinski definition) is 10. The van der Waals surface area contributed by atoms with E-state index in [9.17, 15) is 4.79 Å². The van der Waals surface area contributed by atoms with Crippen LogP contribution in [0.15, 0.2) is 41.5 Å². The van der Waals surface area contributed by atoms with Crippen LogP contribution in [0, 0.1) is 6.92 Å². The molecule has 176 valence electrons. The first-order chi connectivity index (χ1) is 16.7. The molecule has 5 rings (SSSR count). The second kappa shape index (κ2) is 10.8. The molecule has 1 aliphatic heterocycles. The predicted octanol–water partition coefficient (Wildman–Crippen LogP) is 4.46. The summed E-state index contributed by atoms with van der Waals surface area (Å²) >= 11 is 4.50. The van der Waals surface area contributed by atoms with Gasteiger partial charge in [0.05, 0.1) is 40.6 Å². The van der Waals surface area contributed by atoms with Crippen molar-refractivity contribution in [2.24, 2.45) is 0 Å². The van der Waals surface area contributed by atoms with Crippen molar-refractivity contribution in [2.75, 3.05) is 44.3 Å². The van der Waals surface area contributed by atoms with Gasteiger partial charge in [0.1, 0.15) is 10.7 Å². The van der Waals surface area contributed by atoms with Gasteiger partial charge in [-0.3, -0.25) is 24.6 Å². The summed E-state index contributed by atoms with van der Waals surface area (Å²) in [5, 5.41) is 5.46. The Bertz CT molecular complexity index is 1220. The Balaban J connectivity index is 1.36. The summed E-state index contributed by atoms with van der Waals surface area (Å²) in [6, 6.07) is 3.78. The molecule has 0 spiro atoms. The molecular weight excluding hydrogens is 488 g/mol. The Morgan fingerprint density at radius 2 is 2.06 bits per heavy atom. The van der Waals surface area contributed by atoms with Gasteiger partial charge in [0.15, 0.2) is 5.13 Å². The normalized spacial score (nSPS) is 14.4. The fourth-order valence-electron chi connectivity index (χ4n) is 3.74. The molecule has 34 heavy (non-hydrogen) atoms. The third kappa shape index (κ3) is 5.23. The van der Waals surface area contributed by atoms with Crippen LogP contribution in [0.25, 0.3) is 21.3 Å². The molecule has 4 aromatic rings. The largest absolute Gasteiger partial charge is 0.379 e. The molecule has 4 aromatic heterocycles. The van der Waals surface area contributed by atoms with Crippen LogP contribution in [-0.2, 0) is 4.74 Å². The fourth-order valence-corrected chi connectivity index (χ4v) is 6.32. The molecule has 1 aliphatic rings. The van der Waals surface area contributed by atoms with Crippen molar-refractivity contribution < 1.29 is 9.53 Å². The maximum atomic E-state index is 13.3. The average molecular weight is 513 g/mol. The fraction of sp³-hybridized carbons (Fsp3) is 0.348. The van der Waals surface area contributed by atoms with E-state index in [1.165, 1.54) is 22.7 Å². The van der Waals surface area contributed by atoms with Gasteiger partial charge in [-0.25, -0.2) is 9.97 Å². The molecule has 0 radical (unpaired) electrons. The van der Waals surface area contributed by atoms with Gasteiger partial charge in [-0.2, -0.15) is 0 Å². The average Bonchev–Trinajstić information content (AvgIpc) is 3.64. The smallest absolute Gasteiger partial charge is 0.270 e. The number of aryl methyl sites for hydroxylation is 1. The lowest BCUT2D eigenvalue weighted by molar-refractivity contribution is 0.0376. The Kier molecular flexibility index (Phi) is 7.36. The number of nitrogens with zero attached hydrogens (tertiary/aromatic N) is 6. The van der Waals surface area contributed by atoms with Crippen LogP contribution in [0.2, 0.25) is 0 Å². The van der Waals surface area contributed by atoms with Crippen molar-refractivity contribution in [3.63, 3.8) is 0 Å². The maximum Gasteiger partial charge on any atom is 0.270 e. The minimum Gasteiger partial charge on any atom is -0.379 e. The highest BCUT2D eigenvalue weighted by atomic mass is 32.1. The number of hydrogen-bond donors (Lipinski definition) is 0. The van der Waals surface area contributed by atoms with Crippen LogP contribution in [0.4, 0.5) is 5.13 Å². The summed E-state index contributed by atoms with van der Waals surface area (Å²) in [6.07, 6.45) is 5.90. The summed E-state index contributed by atoms with van der Waals surface area (Å²) < 4.78 is 5.44. The van der Waals surface area contributed by atoms with Crippen molar-refractivity contribution in [3.05, 3.63) is 52.1 Å². The number of amides is 1. The molecule has 1 amide bonds. The van der Waals surface area contributed by atoms with E-state index < -0.39 is 0 Å². The molecule has 0 atom stereocenters. The van der Waals surface area contributed by atoms with E-state index in [1.54, 1.807) is 29.9 Å². The van der Waals surface area contributed by atoms with E-state index in [1.807, 2.05) is 34.7 Å². The number of aromatic nitrogens is 4. The predicted molar refractivity (Wildman–Crippen MR) is 137 cm³/mol. The number of ether oxygens (including phenoxy) is 1. The van der Waals surface area contributed by atoms with Gasteiger partial charge in [0.2, 0.25) is 0 Å². The second-order valence-corrected chi connectivity index (χ2v) is 10.6. The summed E-state index contributed by atoms with van der Waals surface area (Å²) in [5.41, 5.74) is 2.48. The number of anilines is 1. The Labute approximate surface area is 209 Å². The highest BCUT2D eigenvalue weighted by molar-refractivity contribution is 7.19. The number of rotatable bonds is 8. The van der Waals surface area contributed by atoms with Crippen LogP contribution in [0.1, 0.15) is 21.8 Å². The van der Waals surface area contributed by atoms with Crippen LogP contribution < -0.4 is 4.90 Å². The molecule has 0 saturated carbocycles. The first kappa shape index (κ1) is 23.2. The Hall–Kier alpha value is -2.57. The molecular formula is C23H24N6O2S3. The Morgan fingerprint density at radius 3 is 2.82 bits per heavy atom. The molecule has 0 bridgehead atoms. The van der Waals surface area contributed by atoms with Gasteiger partial charge in [-0.05, 0) is 24.8 Å². The zero-order chi connectivity index (χ0) is 23.3. The topological polar surface area (TPSA) is 84.3 Å². The third-order valence-electron chi connectivity index (χ3n) is 5.47. The first-order valence-corrected chi connectivity index (χ1v) is 13.6. The van der Waals surface area contributed by atoms with Crippen LogP contribution >= 0.6 is 34.0 Å². The summed E-state index contributed by atoms with van der Waals surface area (Å²) in [4.78, 5) is 37.3. The molecule has 8 nitrogen and oxygen atoms in total. The molecule has 1 fully saturated rings. The number of thiophene rings is 1. The van der Waals surface area contributed by atoms with Crippen molar-refractivity contribution in [1.29, 1.82) is 0 Å². The van der Waals surface area contributed by atoms with Gasteiger partial charge < -0.3 is 4.74 Å². The van der Waals surface area contributed by atoms with Crippen LogP contribution in [0.5, 0.6) is 0 Å². The van der Waals surface area contributed by atoms with Gasteiger partial charge in [0, 0.05) is 44.0 Å². The summed E-state index contributed by atoms with van der Waals surface area (Å²) in [5.74, 6) is -0.000784.